The van der Waals surface area contributed by atoms with Gasteiger partial charge in [-0.1, -0.05) is 91.0 Å². The lowest BCUT2D eigenvalue weighted by Gasteiger charge is -2.29. The molecule has 1 aromatic heterocycles. The van der Waals surface area contributed by atoms with Crippen LogP contribution >= 0.6 is 0 Å². The van der Waals surface area contributed by atoms with Crippen molar-refractivity contribution in [3.05, 3.63) is 126 Å². The molecule has 3 N–H and O–H groups in total. The van der Waals surface area contributed by atoms with Crippen molar-refractivity contribution < 1.29 is 24.2 Å². The van der Waals surface area contributed by atoms with Gasteiger partial charge < -0.3 is 25.2 Å². The zero-order valence-corrected chi connectivity index (χ0v) is 25.5. The minimum atomic E-state index is -1.00. The van der Waals surface area contributed by atoms with E-state index in [1.165, 1.54) is 0 Å². The Hall–Kier alpha value is -4.69. The lowest BCUT2D eigenvalue weighted by molar-refractivity contribution is 0.0397. The summed E-state index contributed by atoms with van der Waals surface area (Å²) in [6.45, 7) is 5.48. The molecule has 8 heteroatoms. The molecular formula is C36H41N3O5. The summed E-state index contributed by atoms with van der Waals surface area (Å²) in [6.07, 6.45) is 0.522. The number of pyridine rings is 1. The van der Waals surface area contributed by atoms with Gasteiger partial charge in [0.05, 0.1) is 17.8 Å². The summed E-state index contributed by atoms with van der Waals surface area (Å²) >= 11 is 0. The summed E-state index contributed by atoms with van der Waals surface area (Å²) in [7, 11) is 0. The Kier molecular flexibility index (Phi) is 11.5. The van der Waals surface area contributed by atoms with Crippen LogP contribution in [0.3, 0.4) is 0 Å². The van der Waals surface area contributed by atoms with Crippen LogP contribution in [0.2, 0.25) is 0 Å². The third-order valence-corrected chi connectivity index (χ3v) is 6.92. The largest absolute Gasteiger partial charge is 0.445 e. The highest BCUT2D eigenvalue weighted by Crippen LogP contribution is 2.20. The smallest absolute Gasteiger partial charge is 0.407 e. The van der Waals surface area contributed by atoms with E-state index in [2.05, 4.69) is 15.6 Å². The van der Waals surface area contributed by atoms with Crippen LogP contribution in [0.15, 0.2) is 109 Å². The molecule has 0 fully saturated rings. The van der Waals surface area contributed by atoms with Crippen LogP contribution in [-0.4, -0.2) is 46.1 Å². The molecule has 4 aromatic rings. The van der Waals surface area contributed by atoms with Crippen molar-refractivity contribution in [2.75, 3.05) is 0 Å². The molecular weight excluding hydrogens is 554 g/mol. The predicted octanol–water partition coefficient (Wildman–Crippen LogP) is 6.47. The molecule has 0 spiro atoms. The van der Waals surface area contributed by atoms with Crippen molar-refractivity contribution in [3.63, 3.8) is 0 Å². The molecule has 2 amide bonds. The lowest BCUT2D eigenvalue weighted by atomic mass is 9.93. The molecule has 4 rings (SSSR count). The van der Waals surface area contributed by atoms with Gasteiger partial charge >= 0.3 is 12.2 Å². The zero-order chi connectivity index (χ0) is 31.4. The van der Waals surface area contributed by atoms with Crippen LogP contribution in [-0.2, 0) is 28.9 Å². The first-order chi connectivity index (χ1) is 21.1. The summed E-state index contributed by atoms with van der Waals surface area (Å²) in [5, 5.41) is 17.3. The van der Waals surface area contributed by atoms with Crippen molar-refractivity contribution >= 4 is 12.2 Å². The molecule has 0 radical (unpaired) electrons. The highest BCUT2D eigenvalue weighted by molar-refractivity contribution is 5.68. The average Bonchev–Trinajstić information content (AvgIpc) is 3.00. The number of rotatable bonds is 12. The second kappa shape index (κ2) is 15.7. The van der Waals surface area contributed by atoms with Crippen LogP contribution in [0.1, 0.15) is 43.9 Å². The van der Waals surface area contributed by atoms with E-state index in [0.717, 1.165) is 27.9 Å². The maximum atomic E-state index is 12.9. The molecule has 44 heavy (non-hydrogen) atoms. The molecule has 0 saturated heterocycles. The van der Waals surface area contributed by atoms with Gasteiger partial charge in [0.25, 0.3) is 0 Å². The fourth-order valence-electron chi connectivity index (χ4n) is 4.82. The number of aliphatic hydroxyl groups is 1. The minimum Gasteiger partial charge on any atom is -0.445 e. The van der Waals surface area contributed by atoms with Crippen LogP contribution < -0.4 is 10.6 Å². The van der Waals surface area contributed by atoms with Gasteiger partial charge in [-0.15, -0.1) is 0 Å². The number of hydrogen-bond acceptors (Lipinski definition) is 6. The van der Waals surface area contributed by atoms with E-state index in [1.54, 1.807) is 27.0 Å². The molecule has 230 valence electrons. The maximum absolute atomic E-state index is 12.9. The van der Waals surface area contributed by atoms with Crippen LogP contribution in [0.25, 0.3) is 11.3 Å². The normalized spacial score (nSPS) is 13.3. The van der Waals surface area contributed by atoms with Crippen molar-refractivity contribution in [3.8, 4) is 11.3 Å². The Bertz CT molecular complexity index is 1440. The number of alkyl carbamates (subject to hydrolysis) is 2. The summed E-state index contributed by atoms with van der Waals surface area (Å²) in [4.78, 5) is 30.1. The lowest BCUT2D eigenvalue weighted by Crippen LogP contribution is -2.49. The number of amides is 2. The molecule has 0 aliphatic rings. The van der Waals surface area contributed by atoms with E-state index >= 15 is 0 Å². The van der Waals surface area contributed by atoms with Crippen molar-refractivity contribution in [2.45, 2.75) is 70.4 Å². The number of benzene rings is 3. The Morgan fingerprint density at radius 3 is 1.98 bits per heavy atom. The van der Waals surface area contributed by atoms with Crippen molar-refractivity contribution in [2.24, 2.45) is 0 Å². The fraction of sp³-hybridized carbons (Fsp3) is 0.306. The second-order valence-corrected chi connectivity index (χ2v) is 11.8. The number of carbonyl (C=O) groups excluding carboxylic acids is 2. The molecule has 2 unspecified atom stereocenters. The van der Waals surface area contributed by atoms with Crippen LogP contribution in [0.5, 0.6) is 0 Å². The second-order valence-electron chi connectivity index (χ2n) is 11.8. The fourth-order valence-corrected chi connectivity index (χ4v) is 4.82. The van der Waals surface area contributed by atoms with E-state index in [0.29, 0.717) is 12.8 Å². The first-order valence-electron chi connectivity index (χ1n) is 14.8. The van der Waals surface area contributed by atoms with E-state index in [-0.39, 0.29) is 13.0 Å². The predicted molar refractivity (Wildman–Crippen MR) is 171 cm³/mol. The topological polar surface area (TPSA) is 110 Å². The number of aliphatic hydroxyl groups excluding tert-OH is 1. The molecule has 3 atom stereocenters. The van der Waals surface area contributed by atoms with E-state index in [9.17, 15) is 14.7 Å². The summed E-state index contributed by atoms with van der Waals surface area (Å²) in [5.74, 6) is 0. The van der Waals surface area contributed by atoms with Gasteiger partial charge in [0, 0.05) is 17.8 Å². The van der Waals surface area contributed by atoms with E-state index in [1.807, 2.05) is 103 Å². The summed E-state index contributed by atoms with van der Waals surface area (Å²) in [6, 6.07) is 31.6. The highest BCUT2D eigenvalue weighted by Gasteiger charge is 2.28. The van der Waals surface area contributed by atoms with Crippen molar-refractivity contribution in [1.82, 2.24) is 15.6 Å². The number of nitrogens with one attached hydrogen (secondary N) is 2. The standard InChI is InChI=1S/C36H41N3O5/c1-36(2,3)44-35(42)39-32(23-26-12-6-4-7-13-26)33(40)24-30(38-34(41)43-25-28-14-8-5-9-15-28)22-27-17-19-29(20-18-27)31-16-10-11-21-37-31/h4-21,30,32-33,40H,22-25H2,1-3H3,(H,38,41)(H,39,42)/t30?,32-,33?/m0/s1. The Morgan fingerprint density at radius 2 is 1.36 bits per heavy atom. The molecule has 0 aliphatic carbocycles. The Morgan fingerprint density at radius 1 is 0.750 bits per heavy atom. The zero-order valence-electron chi connectivity index (χ0n) is 25.5. The number of hydrogen-bond donors (Lipinski definition) is 3. The third kappa shape index (κ3) is 10.9. The molecule has 1 heterocycles. The summed E-state index contributed by atoms with van der Waals surface area (Å²) < 4.78 is 11.0. The quantitative estimate of drug-likeness (QED) is 0.173. The van der Waals surface area contributed by atoms with Crippen LogP contribution in [0.4, 0.5) is 9.59 Å². The van der Waals surface area contributed by atoms with Gasteiger partial charge in [-0.3, -0.25) is 4.98 Å². The first kappa shape index (κ1) is 32.2. The molecule has 3 aromatic carbocycles. The maximum Gasteiger partial charge on any atom is 0.407 e. The highest BCUT2D eigenvalue weighted by atomic mass is 16.6. The van der Waals surface area contributed by atoms with Gasteiger partial charge in [-0.25, -0.2) is 9.59 Å². The number of carbonyl (C=O) groups is 2. The van der Waals surface area contributed by atoms with E-state index in [4.69, 9.17) is 9.47 Å². The van der Waals surface area contributed by atoms with Gasteiger partial charge in [-0.05, 0) is 68.9 Å². The Labute approximate surface area is 259 Å². The molecule has 0 bridgehead atoms. The first-order valence-corrected chi connectivity index (χ1v) is 14.8. The average molecular weight is 596 g/mol. The van der Waals surface area contributed by atoms with Gasteiger partial charge in [0.15, 0.2) is 0 Å². The third-order valence-electron chi connectivity index (χ3n) is 6.92. The molecule has 8 nitrogen and oxygen atoms in total. The molecule has 0 saturated carbocycles. The number of nitrogens with zero attached hydrogens (tertiary/aromatic N) is 1. The Balaban J connectivity index is 1.50. The van der Waals surface area contributed by atoms with Gasteiger partial charge in [-0.2, -0.15) is 0 Å². The SMILES string of the molecule is CC(C)(C)OC(=O)N[C@@H](Cc1ccccc1)C(O)CC(Cc1ccc(-c2ccccn2)cc1)NC(=O)OCc1ccccc1. The number of ether oxygens (including phenoxy) is 2. The van der Waals surface area contributed by atoms with Gasteiger partial charge in [0.1, 0.15) is 12.2 Å². The monoisotopic (exact) mass is 595 g/mol. The summed E-state index contributed by atoms with van der Waals surface area (Å²) in [5.41, 5.74) is 3.93. The van der Waals surface area contributed by atoms with Crippen molar-refractivity contribution in [1.29, 1.82) is 0 Å². The number of aromatic nitrogens is 1. The van der Waals surface area contributed by atoms with Gasteiger partial charge in [0.2, 0.25) is 0 Å². The van der Waals surface area contributed by atoms with Crippen LogP contribution in [0, 0.1) is 0 Å². The molecule has 0 aliphatic heterocycles. The minimum absolute atomic E-state index is 0.123. The van der Waals surface area contributed by atoms with E-state index < -0.39 is 36.0 Å².